The molecule has 2 heterocycles. The highest BCUT2D eigenvalue weighted by Gasteiger charge is 2.16. The molecule has 1 amide bonds. The van der Waals surface area contributed by atoms with Crippen LogP contribution in [0.3, 0.4) is 0 Å². The Morgan fingerprint density at radius 2 is 2.23 bits per heavy atom. The lowest BCUT2D eigenvalue weighted by Gasteiger charge is -2.29. The van der Waals surface area contributed by atoms with E-state index in [1.165, 1.54) is 0 Å². The van der Waals surface area contributed by atoms with Gasteiger partial charge in [0, 0.05) is 31.4 Å². The van der Waals surface area contributed by atoms with Gasteiger partial charge in [-0.25, -0.2) is 4.98 Å². The van der Waals surface area contributed by atoms with Crippen molar-refractivity contribution in [1.29, 1.82) is 0 Å². The van der Waals surface area contributed by atoms with E-state index in [0.29, 0.717) is 6.42 Å². The SMILES string of the molecule is Cc1nc(CCCC(=O)NCCCN2CCC(O)CC2)cs1. The van der Waals surface area contributed by atoms with E-state index >= 15 is 0 Å². The van der Waals surface area contributed by atoms with Crippen LogP contribution in [0.5, 0.6) is 0 Å². The van der Waals surface area contributed by atoms with Crippen molar-refractivity contribution < 1.29 is 9.90 Å². The third-order valence-corrected chi connectivity index (χ3v) is 4.86. The van der Waals surface area contributed by atoms with Gasteiger partial charge in [0.05, 0.1) is 16.8 Å². The zero-order valence-corrected chi connectivity index (χ0v) is 14.2. The summed E-state index contributed by atoms with van der Waals surface area (Å²) in [6.45, 7) is 5.70. The van der Waals surface area contributed by atoms with Gasteiger partial charge < -0.3 is 15.3 Å². The highest BCUT2D eigenvalue weighted by molar-refractivity contribution is 7.09. The Morgan fingerprint density at radius 1 is 1.45 bits per heavy atom. The summed E-state index contributed by atoms with van der Waals surface area (Å²) in [5.41, 5.74) is 1.10. The molecule has 0 spiro atoms. The Kier molecular flexibility index (Phi) is 7.29. The van der Waals surface area contributed by atoms with Gasteiger partial charge in [-0.05, 0) is 45.6 Å². The molecule has 0 unspecified atom stereocenters. The van der Waals surface area contributed by atoms with E-state index in [1.807, 2.05) is 6.92 Å². The number of hydrogen-bond donors (Lipinski definition) is 2. The molecule has 1 aliphatic heterocycles. The molecule has 2 N–H and O–H groups in total. The highest BCUT2D eigenvalue weighted by Crippen LogP contribution is 2.11. The number of carbonyl (C=O) groups excluding carboxylic acids is 1. The van der Waals surface area contributed by atoms with Crippen molar-refractivity contribution in [3.63, 3.8) is 0 Å². The van der Waals surface area contributed by atoms with Crippen LogP contribution in [-0.2, 0) is 11.2 Å². The smallest absolute Gasteiger partial charge is 0.220 e. The topological polar surface area (TPSA) is 65.5 Å². The summed E-state index contributed by atoms with van der Waals surface area (Å²) in [6, 6.07) is 0. The molecule has 0 bridgehead atoms. The number of carbonyl (C=O) groups is 1. The van der Waals surface area contributed by atoms with Gasteiger partial charge in [0.15, 0.2) is 0 Å². The molecule has 1 aliphatic rings. The van der Waals surface area contributed by atoms with Crippen LogP contribution in [0.2, 0.25) is 0 Å². The first-order valence-electron chi connectivity index (χ1n) is 8.21. The van der Waals surface area contributed by atoms with Crippen LogP contribution in [0.15, 0.2) is 5.38 Å². The molecule has 5 nitrogen and oxygen atoms in total. The predicted octanol–water partition coefficient (Wildman–Crippen LogP) is 1.74. The number of nitrogens with one attached hydrogen (secondary N) is 1. The fourth-order valence-electron chi connectivity index (χ4n) is 2.71. The molecule has 1 aromatic heterocycles. The van der Waals surface area contributed by atoms with Crippen molar-refractivity contribution in [2.24, 2.45) is 0 Å². The number of amides is 1. The summed E-state index contributed by atoms with van der Waals surface area (Å²) >= 11 is 1.66. The van der Waals surface area contributed by atoms with E-state index in [-0.39, 0.29) is 12.0 Å². The monoisotopic (exact) mass is 325 g/mol. The van der Waals surface area contributed by atoms with Crippen molar-refractivity contribution in [2.45, 2.75) is 51.6 Å². The van der Waals surface area contributed by atoms with Crippen LogP contribution in [0.25, 0.3) is 0 Å². The minimum Gasteiger partial charge on any atom is -0.393 e. The third-order valence-electron chi connectivity index (χ3n) is 4.03. The molecule has 0 saturated carbocycles. The molecule has 1 saturated heterocycles. The van der Waals surface area contributed by atoms with E-state index in [9.17, 15) is 9.90 Å². The molecule has 6 heteroatoms. The molecule has 0 radical (unpaired) electrons. The van der Waals surface area contributed by atoms with Crippen LogP contribution >= 0.6 is 11.3 Å². The van der Waals surface area contributed by atoms with Crippen LogP contribution in [0.4, 0.5) is 0 Å². The molecule has 0 atom stereocenters. The molecule has 0 aromatic carbocycles. The fraction of sp³-hybridized carbons (Fsp3) is 0.750. The molecule has 0 aliphatic carbocycles. The van der Waals surface area contributed by atoms with Crippen LogP contribution < -0.4 is 5.32 Å². The van der Waals surface area contributed by atoms with Gasteiger partial charge in [-0.3, -0.25) is 4.79 Å². The maximum Gasteiger partial charge on any atom is 0.220 e. The van der Waals surface area contributed by atoms with E-state index < -0.39 is 0 Å². The normalized spacial score (nSPS) is 16.8. The molecule has 2 rings (SSSR count). The lowest BCUT2D eigenvalue weighted by Crippen LogP contribution is -2.37. The number of hydrogen-bond acceptors (Lipinski definition) is 5. The Hall–Kier alpha value is -0.980. The maximum absolute atomic E-state index is 11.8. The van der Waals surface area contributed by atoms with Crippen molar-refractivity contribution in [2.75, 3.05) is 26.2 Å². The van der Waals surface area contributed by atoms with E-state index in [2.05, 4.69) is 20.6 Å². The van der Waals surface area contributed by atoms with Gasteiger partial charge in [-0.15, -0.1) is 11.3 Å². The summed E-state index contributed by atoms with van der Waals surface area (Å²) in [5, 5.41) is 15.6. The number of rotatable bonds is 8. The number of thiazole rings is 1. The quantitative estimate of drug-likeness (QED) is 0.715. The summed E-state index contributed by atoms with van der Waals surface area (Å²) in [5.74, 6) is 0.140. The lowest BCUT2D eigenvalue weighted by molar-refractivity contribution is -0.121. The largest absolute Gasteiger partial charge is 0.393 e. The molecule has 1 fully saturated rings. The Balaban J connectivity index is 1.47. The van der Waals surface area contributed by atoms with Gasteiger partial charge in [0.1, 0.15) is 0 Å². The number of likely N-dealkylation sites (tertiary alicyclic amines) is 1. The van der Waals surface area contributed by atoms with Crippen molar-refractivity contribution in [3.8, 4) is 0 Å². The van der Waals surface area contributed by atoms with Gasteiger partial charge in [0.25, 0.3) is 0 Å². The first kappa shape index (κ1) is 17.4. The van der Waals surface area contributed by atoms with E-state index in [0.717, 1.165) is 69.0 Å². The second kappa shape index (κ2) is 9.22. The molecule has 22 heavy (non-hydrogen) atoms. The number of nitrogens with zero attached hydrogens (tertiary/aromatic N) is 2. The summed E-state index contributed by atoms with van der Waals surface area (Å²) in [6.07, 6.45) is 4.94. The second-order valence-corrected chi connectivity index (χ2v) is 7.05. The Labute approximate surface area is 136 Å². The summed E-state index contributed by atoms with van der Waals surface area (Å²) in [4.78, 5) is 18.5. The van der Waals surface area contributed by atoms with Crippen molar-refractivity contribution in [1.82, 2.24) is 15.2 Å². The zero-order chi connectivity index (χ0) is 15.8. The molecular formula is C16H27N3O2S. The fourth-order valence-corrected chi connectivity index (χ4v) is 3.36. The maximum atomic E-state index is 11.8. The Morgan fingerprint density at radius 3 is 2.91 bits per heavy atom. The number of piperidine rings is 1. The van der Waals surface area contributed by atoms with Crippen LogP contribution in [0.1, 0.15) is 42.8 Å². The minimum absolute atomic E-state index is 0.113. The molecule has 124 valence electrons. The standard InChI is InChI=1S/C16H27N3O2S/c1-13-18-14(12-22-13)4-2-5-16(21)17-8-3-9-19-10-6-15(20)7-11-19/h12,15,20H,2-11H2,1H3,(H,17,21). The van der Waals surface area contributed by atoms with Gasteiger partial charge >= 0.3 is 0 Å². The average Bonchev–Trinajstić information content (AvgIpc) is 2.91. The van der Waals surface area contributed by atoms with E-state index in [4.69, 9.17) is 0 Å². The second-order valence-electron chi connectivity index (χ2n) is 5.99. The minimum atomic E-state index is -0.113. The summed E-state index contributed by atoms with van der Waals surface area (Å²) in [7, 11) is 0. The lowest BCUT2D eigenvalue weighted by atomic mass is 10.1. The zero-order valence-electron chi connectivity index (χ0n) is 13.4. The number of aliphatic hydroxyl groups is 1. The van der Waals surface area contributed by atoms with Crippen LogP contribution in [0, 0.1) is 6.92 Å². The molecule has 1 aromatic rings. The van der Waals surface area contributed by atoms with Crippen LogP contribution in [-0.4, -0.2) is 53.2 Å². The summed E-state index contributed by atoms with van der Waals surface area (Å²) < 4.78 is 0. The van der Waals surface area contributed by atoms with Gasteiger partial charge in [-0.2, -0.15) is 0 Å². The third kappa shape index (κ3) is 6.42. The number of aromatic nitrogens is 1. The number of aryl methyl sites for hydroxylation is 2. The first-order valence-corrected chi connectivity index (χ1v) is 9.09. The highest BCUT2D eigenvalue weighted by atomic mass is 32.1. The van der Waals surface area contributed by atoms with Crippen molar-refractivity contribution >= 4 is 17.2 Å². The Bertz CT molecular complexity index is 456. The van der Waals surface area contributed by atoms with E-state index in [1.54, 1.807) is 11.3 Å². The van der Waals surface area contributed by atoms with Crippen molar-refractivity contribution in [3.05, 3.63) is 16.1 Å². The predicted molar refractivity (Wildman–Crippen MR) is 89.1 cm³/mol. The number of aliphatic hydroxyl groups excluding tert-OH is 1. The van der Waals surface area contributed by atoms with Gasteiger partial charge in [0.2, 0.25) is 5.91 Å². The average molecular weight is 325 g/mol. The first-order chi connectivity index (χ1) is 10.6. The van der Waals surface area contributed by atoms with Gasteiger partial charge in [-0.1, -0.05) is 0 Å². The molecular weight excluding hydrogens is 298 g/mol.